The first kappa shape index (κ1) is 9.09. The number of rotatable bonds is 3. The number of hydrogen-bond acceptors (Lipinski definition) is 0. The van der Waals surface area contributed by atoms with Crippen LogP contribution in [0.15, 0.2) is 0 Å². The van der Waals surface area contributed by atoms with Crippen molar-refractivity contribution in [3.8, 4) is 0 Å². The molecule has 0 aromatic rings. The molecule has 2 heteroatoms. The zero-order valence-corrected chi connectivity index (χ0v) is 9.61. The average Bonchev–Trinajstić information content (AvgIpc) is 1.59. The average molecular weight is 241 g/mol. The van der Waals surface area contributed by atoms with E-state index in [0.29, 0.717) is 0 Å². The first-order valence-electron chi connectivity index (χ1n) is 3.25. The van der Waals surface area contributed by atoms with E-state index in [0.717, 1.165) is 0 Å². The van der Waals surface area contributed by atoms with Gasteiger partial charge in [-0.2, -0.15) is 0 Å². The Morgan fingerprint density at radius 1 is 1.38 bits per heavy atom. The molecular formula is C6H15ClSn. The Bertz CT molecular complexity index is 56.0. The van der Waals surface area contributed by atoms with Gasteiger partial charge in [0.2, 0.25) is 0 Å². The van der Waals surface area contributed by atoms with E-state index >= 15 is 0 Å². The van der Waals surface area contributed by atoms with Crippen molar-refractivity contribution in [1.82, 2.24) is 0 Å². The molecule has 0 radical (unpaired) electrons. The van der Waals surface area contributed by atoms with Crippen molar-refractivity contribution in [2.45, 2.75) is 34.1 Å². The van der Waals surface area contributed by atoms with Gasteiger partial charge in [0, 0.05) is 0 Å². The van der Waals surface area contributed by atoms with Gasteiger partial charge >= 0.3 is 60.3 Å². The number of halogens is 1. The molecule has 0 saturated heterocycles. The van der Waals surface area contributed by atoms with Crippen LogP contribution in [0.2, 0.25) is 14.3 Å². The molecule has 0 heterocycles. The zero-order chi connectivity index (χ0) is 6.62. The van der Waals surface area contributed by atoms with Crippen molar-refractivity contribution in [2.24, 2.45) is 0 Å². The Morgan fingerprint density at radius 2 is 1.88 bits per heavy atom. The maximum atomic E-state index is 6.12. The monoisotopic (exact) mass is 242 g/mol. The molecule has 0 nitrogen and oxygen atoms in total. The summed E-state index contributed by atoms with van der Waals surface area (Å²) < 4.78 is 1.34. The van der Waals surface area contributed by atoms with Crippen molar-refractivity contribution >= 4 is 26.2 Å². The zero-order valence-electron chi connectivity index (χ0n) is 6.00. The topological polar surface area (TPSA) is 0 Å². The van der Waals surface area contributed by atoms with E-state index in [-0.39, 0.29) is 0 Å². The predicted molar refractivity (Wildman–Crippen MR) is 43.1 cm³/mol. The second kappa shape index (κ2) is 3.99. The fourth-order valence-corrected chi connectivity index (χ4v) is 4.90. The van der Waals surface area contributed by atoms with E-state index in [1.54, 1.807) is 0 Å². The summed E-state index contributed by atoms with van der Waals surface area (Å²) in [5.74, 6) is 0. The summed E-state index contributed by atoms with van der Waals surface area (Å²) in [6.45, 7) is 2.22. The Morgan fingerprint density at radius 3 is 2.00 bits per heavy atom. The second-order valence-corrected chi connectivity index (χ2v) is 20.9. The van der Waals surface area contributed by atoms with Crippen molar-refractivity contribution in [1.29, 1.82) is 0 Å². The molecule has 0 rings (SSSR count). The van der Waals surface area contributed by atoms with Gasteiger partial charge < -0.3 is 0 Å². The number of unbranched alkanes of at least 4 members (excludes halogenated alkanes) is 1. The third-order valence-corrected chi connectivity index (χ3v) is 6.80. The Labute approximate surface area is 60.2 Å². The third-order valence-electron chi connectivity index (χ3n) is 1.12. The first-order chi connectivity index (χ1) is 3.56. The van der Waals surface area contributed by atoms with Gasteiger partial charge in [-0.1, -0.05) is 0 Å². The Hall–Kier alpha value is 1.09. The summed E-state index contributed by atoms with van der Waals surface area (Å²) in [6.07, 6.45) is 2.64. The van der Waals surface area contributed by atoms with Crippen molar-refractivity contribution < 1.29 is 0 Å². The summed E-state index contributed by atoms with van der Waals surface area (Å²) >= 11 is -1.84. The molecular weight excluding hydrogens is 226 g/mol. The fourth-order valence-electron chi connectivity index (χ4n) is 0.597. The van der Waals surface area contributed by atoms with Crippen LogP contribution in [0.5, 0.6) is 0 Å². The summed E-state index contributed by atoms with van der Waals surface area (Å²) in [5, 5.41) is 0. The van der Waals surface area contributed by atoms with Crippen LogP contribution in [0.4, 0.5) is 0 Å². The molecule has 0 fully saturated rings. The minimum atomic E-state index is -1.84. The van der Waals surface area contributed by atoms with Gasteiger partial charge in [-0.3, -0.25) is 0 Å². The molecule has 0 saturated carbocycles. The van der Waals surface area contributed by atoms with Gasteiger partial charge in [-0.15, -0.1) is 0 Å². The molecule has 0 atom stereocenters. The quantitative estimate of drug-likeness (QED) is 0.665. The van der Waals surface area contributed by atoms with Gasteiger partial charge in [0.1, 0.15) is 0 Å². The molecule has 0 unspecified atom stereocenters. The van der Waals surface area contributed by atoms with Gasteiger partial charge in [-0.05, 0) is 0 Å². The van der Waals surface area contributed by atoms with Crippen molar-refractivity contribution in [3.63, 3.8) is 0 Å². The molecule has 8 heavy (non-hydrogen) atoms. The fraction of sp³-hybridized carbons (Fsp3) is 1.00. The molecule has 0 spiro atoms. The van der Waals surface area contributed by atoms with Crippen LogP contribution >= 0.6 is 8.92 Å². The van der Waals surface area contributed by atoms with Gasteiger partial charge in [0.05, 0.1) is 0 Å². The maximum absolute atomic E-state index is 6.12. The van der Waals surface area contributed by atoms with Crippen LogP contribution in [0, 0.1) is 0 Å². The normalized spacial score (nSPS) is 12.0. The molecule has 0 N–H and O–H groups in total. The van der Waals surface area contributed by atoms with Crippen LogP contribution < -0.4 is 0 Å². The van der Waals surface area contributed by atoms with Gasteiger partial charge in [0.15, 0.2) is 0 Å². The second-order valence-electron chi connectivity index (χ2n) is 2.82. The molecule has 0 aromatic heterocycles. The van der Waals surface area contributed by atoms with E-state index in [9.17, 15) is 0 Å². The molecule has 0 aromatic carbocycles. The van der Waals surface area contributed by atoms with Crippen LogP contribution in [0.25, 0.3) is 0 Å². The third kappa shape index (κ3) is 7.09. The minimum absolute atomic E-state index is 1.30. The van der Waals surface area contributed by atoms with E-state index in [4.69, 9.17) is 8.92 Å². The summed E-state index contributed by atoms with van der Waals surface area (Å²) in [7, 11) is 6.12. The van der Waals surface area contributed by atoms with E-state index in [2.05, 4.69) is 16.8 Å². The Kier molecular flexibility index (Phi) is 4.54. The molecule has 0 aliphatic carbocycles. The molecule has 50 valence electrons. The summed E-state index contributed by atoms with van der Waals surface area (Å²) in [6, 6.07) is 0. The van der Waals surface area contributed by atoms with Crippen LogP contribution in [-0.2, 0) is 0 Å². The first-order valence-corrected chi connectivity index (χ1v) is 14.6. The summed E-state index contributed by atoms with van der Waals surface area (Å²) in [4.78, 5) is 4.54. The molecule has 0 amide bonds. The van der Waals surface area contributed by atoms with E-state index < -0.39 is 17.3 Å². The Balaban J connectivity index is 3.11. The van der Waals surface area contributed by atoms with Crippen LogP contribution in [0.1, 0.15) is 19.8 Å². The van der Waals surface area contributed by atoms with Crippen molar-refractivity contribution in [2.75, 3.05) is 0 Å². The molecule has 0 aliphatic rings. The summed E-state index contributed by atoms with van der Waals surface area (Å²) in [5.41, 5.74) is 0. The van der Waals surface area contributed by atoms with Gasteiger partial charge in [-0.25, -0.2) is 0 Å². The van der Waals surface area contributed by atoms with E-state index in [1.807, 2.05) is 0 Å². The number of hydrogen-bond donors (Lipinski definition) is 0. The van der Waals surface area contributed by atoms with E-state index in [1.165, 1.54) is 17.3 Å². The van der Waals surface area contributed by atoms with Crippen molar-refractivity contribution in [3.05, 3.63) is 0 Å². The molecule has 0 bridgehead atoms. The molecule has 0 aliphatic heterocycles. The SMILES string of the molecule is CCC[CH2][Sn]([CH3])([CH3])[Cl]. The van der Waals surface area contributed by atoms with Crippen LogP contribution in [-0.4, -0.2) is 17.3 Å². The van der Waals surface area contributed by atoms with Gasteiger partial charge in [0.25, 0.3) is 0 Å². The van der Waals surface area contributed by atoms with Crippen LogP contribution in [0.3, 0.4) is 0 Å². The standard InChI is InChI=1S/C4H9.2CH3.ClH.Sn/c1-3-4-2;;;;/h1,3-4H2,2H3;2*1H3;1H;/q;;;;+1/p-1. The predicted octanol–water partition coefficient (Wildman–Crippen LogP) is 3.23.